The Morgan fingerprint density at radius 2 is 1.46 bits per heavy atom. The molecule has 28 heavy (non-hydrogen) atoms. The summed E-state index contributed by atoms with van der Waals surface area (Å²) in [6.45, 7) is 0.681. The molecule has 142 valence electrons. The lowest BCUT2D eigenvalue weighted by molar-refractivity contribution is -0.139. The van der Waals surface area contributed by atoms with E-state index in [0.29, 0.717) is 11.5 Å². The van der Waals surface area contributed by atoms with Gasteiger partial charge in [-0.15, -0.1) is 0 Å². The smallest absolute Gasteiger partial charge is 0.309 e. The molecule has 0 unspecified atom stereocenters. The van der Waals surface area contributed by atoms with Crippen LogP contribution in [0.4, 0.5) is 0 Å². The van der Waals surface area contributed by atoms with Gasteiger partial charge < -0.3 is 24.5 Å². The maximum absolute atomic E-state index is 12.0. The molecule has 0 aliphatic carbocycles. The first-order valence-electron chi connectivity index (χ1n) is 8.75. The monoisotopic (exact) mass is 378 g/mol. The van der Waals surface area contributed by atoms with Gasteiger partial charge in [0.15, 0.2) is 11.5 Å². The number of carbonyl (C=O) groups is 2. The molecule has 3 aromatic rings. The summed E-state index contributed by atoms with van der Waals surface area (Å²) in [5.74, 6) is -0.0611. The number of ether oxygens (including phenoxy) is 2. The molecule has 2 amide bonds. The first kappa shape index (κ1) is 17.7. The molecule has 2 heterocycles. The van der Waals surface area contributed by atoms with E-state index in [9.17, 15) is 9.59 Å². The van der Waals surface area contributed by atoms with E-state index in [1.54, 1.807) is 24.7 Å². The van der Waals surface area contributed by atoms with Crippen LogP contribution < -0.4 is 20.1 Å². The lowest BCUT2D eigenvalue weighted by Gasteiger charge is -2.08. The number of carbonyl (C=O) groups excluding carboxylic acids is 2. The Bertz CT molecular complexity index is 981. The molecular weight excluding hydrogens is 360 g/mol. The van der Waals surface area contributed by atoms with Crippen molar-refractivity contribution in [1.29, 1.82) is 0 Å². The number of amides is 2. The number of hydrogen-bond donors (Lipinski definition) is 2. The Morgan fingerprint density at radius 1 is 0.786 bits per heavy atom. The lowest BCUT2D eigenvalue weighted by Crippen LogP contribution is -2.39. The van der Waals surface area contributed by atoms with Gasteiger partial charge in [-0.05, 0) is 34.9 Å². The number of benzene rings is 2. The fourth-order valence-electron chi connectivity index (χ4n) is 2.82. The second-order valence-corrected chi connectivity index (χ2v) is 6.26. The van der Waals surface area contributed by atoms with Crippen LogP contribution in [0.3, 0.4) is 0 Å². The van der Waals surface area contributed by atoms with E-state index < -0.39 is 11.8 Å². The summed E-state index contributed by atoms with van der Waals surface area (Å²) in [7, 11) is 0. The zero-order valence-corrected chi connectivity index (χ0v) is 14.9. The Kier molecular flexibility index (Phi) is 4.97. The van der Waals surface area contributed by atoms with Crippen molar-refractivity contribution in [2.45, 2.75) is 13.1 Å². The predicted octanol–water partition coefficient (Wildman–Crippen LogP) is 2.61. The van der Waals surface area contributed by atoms with Crippen LogP contribution in [0, 0.1) is 0 Å². The van der Waals surface area contributed by atoms with Crippen LogP contribution in [-0.2, 0) is 22.7 Å². The molecule has 2 N–H and O–H groups in total. The summed E-state index contributed by atoms with van der Waals surface area (Å²) in [6, 6.07) is 14.9. The van der Waals surface area contributed by atoms with Crippen molar-refractivity contribution >= 4 is 11.8 Å². The van der Waals surface area contributed by atoms with Crippen LogP contribution in [0.5, 0.6) is 11.5 Å². The molecule has 1 aliphatic heterocycles. The molecule has 0 atom stereocenters. The Morgan fingerprint density at radius 3 is 2.18 bits per heavy atom. The maximum atomic E-state index is 12.0. The quantitative estimate of drug-likeness (QED) is 0.666. The van der Waals surface area contributed by atoms with Crippen LogP contribution in [0.25, 0.3) is 11.1 Å². The summed E-state index contributed by atoms with van der Waals surface area (Å²) in [5, 5.41) is 5.21. The number of fused-ring (bicyclic) bond motifs is 1. The summed E-state index contributed by atoms with van der Waals surface area (Å²) in [4.78, 5) is 24.0. The summed E-state index contributed by atoms with van der Waals surface area (Å²) < 4.78 is 15.6. The molecule has 1 aromatic heterocycles. The zero-order chi connectivity index (χ0) is 19.3. The molecule has 0 radical (unpaired) electrons. The van der Waals surface area contributed by atoms with E-state index >= 15 is 0 Å². The minimum Gasteiger partial charge on any atom is -0.472 e. The van der Waals surface area contributed by atoms with Gasteiger partial charge in [-0.25, -0.2) is 0 Å². The zero-order valence-electron chi connectivity index (χ0n) is 14.9. The van der Waals surface area contributed by atoms with Crippen LogP contribution >= 0.6 is 0 Å². The molecular formula is C21H18N2O5. The van der Waals surface area contributed by atoms with E-state index in [4.69, 9.17) is 13.9 Å². The molecule has 0 saturated heterocycles. The average molecular weight is 378 g/mol. The second kappa shape index (κ2) is 7.87. The van der Waals surface area contributed by atoms with Crippen molar-refractivity contribution in [3.8, 4) is 22.6 Å². The van der Waals surface area contributed by atoms with Gasteiger partial charge in [-0.2, -0.15) is 0 Å². The first-order valence-corrected chi connectivity index (χ1v) is 8.75. The van der Waals surface area contributed by atoms with E-state index in [0.717, 1.165) is 22.3 Å². The normalized spacial score (nSPS) is 11.9. The standard InChI is InChI=1S/C21H18N2O5/c24-20(21(25)23-11-15-3-6-18-19(9-15)28-13-27-18)22-10-14-1-4-16(5-2-14)17-7-8-26-12-17/h1-9,12H,10-11,13H2,(H,22,24)(H,23,25). The van der Waals surface area contributed by atoms with Crippen LogP contribution in [0.1, 0.15) is 11.1 Å². The van der Waals surface area contributed by atoms with Crippen molar-refractivity contribution in [1.82, 2.24) is 10.6 Å². The highest BCUT2D eigenvalue weighted by molar-refractivity contribution is 6.35. The molecule has 7 nitrogen and oxygen atoms in total. The molecule has 4 rings (SSSR count). The molecule has 0 spiro atoms. The first-order chi connectivity index (χ1) is 13.7. The van der Waals surface area contributed by atoms with Gasteiger partial charge >= 0.3 is 11.8 Å². The number of furan rings is 1. The summed E-state index contributed by atoms with van der Waals surface area (Å²) >= 11 is 0. The molecule has 7 heteroatoms. The van der Waals surface area contributed by atoms with Crippen molar-refractivity contribution in [2.24, 2.45) is 0 Å². The lowest BCUT2D eigenvalue weighted by atomic mass is 10.1. The van der Waals surface area contributed by atoms with E-state index in [1.807, 2.05) is 36.4 Å². The van der Waals surface area contributed by atoms with Gasteiger partial charge in [0.2, 0.25) is 6.79 Å². The molecule has 0 saturated carbocycles. The van der Waals surface area contributed by atoms with Crippen LogP contribution in [0.15, 0.2) is 65.5 Å². The van der Waals surface area contributed by atoms with Crippen molar-refractivity contribution in [3.05, 3.63) is 72.2 Å². The second-order valence-electron chi connectivity index (χ2n) is 6.26. The molecule has 0 fully saturated rings. The highest BCUT2D eigenvalue weighted by Crippen LogP contribution is 2.32. The Hall–Kier alpha value is -3.74. The van der Waals surface area contributed by atoms with Gasteiger partial charge in [-0.1, -0.05) is 30.3 Å². The van der Waals surface area contributed by atoms with E-state index in [1.165, 1.54) is 0 Å². The van der Waals surface area contributed by atoms with Gasteiger partial charge in [0.05, 0.1) is 12.5 Å². The van der Waals surface area contributed by atoms with E-state index in [2.05, 4.69) is 10.6 Å². The largest absolute Gasteiger partial charge is 0.472 e. The minimum absolute atomic E-state index is 0.191. The third-order valence-corrected chi connectivity index (χ3v) is 4.36. The number of hydrogen-bond acceptors (Lipinski definition) is 5. The third-order valence-electron chi connectivity index (χ3n) is 4.36. The third kappa shape index (κ3) is 3.98. The van der Waals surface area contributed by atoms with Gasteiger partial charge in [0.1, 0.15) is 0 Å². The maximum Gasteiger partial charge on any atom is 0.309 e. The highest BCUT2D eigenvalue weighted by atomic mass is 16.7. The summed E-state index contributed by atoms with van der Waals surface area (Å²) in [5.41, 5.74) is 3.72. The highest BCUT2D eigenvalue weighted by Gasteiger charge is 2.15. The van der Waals surface area contributed by atoms with Crippen LogP contribution in [0.2, 0.25) is 0 Å². The van der Waals surface area contributed by atoms with Gasteiger partial charge in [-0.3, -0.25) is 9.59 Å². The minimum atomic E-state index is -0.687. The van der Waals surface area contributed by atoms with Crippen LogP contribution in [-0.4, -0.2) is 18.6 Å². The van der Waals surface area contributed by atoms with Crippen molar-refractivity contribution < 1.29 is 23.5 Å². The Labute approximate surface area is 161 Å². The topological polar surface area (TPSA) is 89.8 Å². The molecule has 0 bridgehead atoms. The van der Waals surface area contributed by atoms with Crippen molar-refractivity contribution in [2.75, 3.05) is 6.79 Å². The SMILES string of the molecule is O=C(NCc1ccc(-c2ccoc2)cc1)C(=O)NCc1ccc2c(c1)OCO2. The fraction of sp³-hybridized carbons (Fsp3) is 0.143. The number of rotatable bonds is 5. The number of nitrogens with one attached hydrogen (secondary N) is 2. The van der Waals surface area contributed by atoms with Gasteiger partial charge in [0.25, 0.3) is 0 Å². The average Bonchev–Trinajstić information content (AvgIpc) is 3.42. The van der Waals surface area contributed by atoms with E-state index in [-0.39, 0.29) is 19.9 Å². The predicted molar refractivity (Wildman–Crippen MR) is 100 cm³/mol. The molecule has 2 aromatic carbocycles. The Balaban J connectivity index is 1.26. The fourth-order valence-corrected chi connectivity index (χ4v) is 2.82. The summed E-state index contributed by atoms with van der Waals surface area (Å²) in [6.07, 6.45) is 3.28. The van der Waals surface area contributed by atoms with Gasteiger partial charge in [0, 0.05) is 18.7 Å². The van der Waals surface area contributed by atoms with Crippen molar-refractivity contribution in [3.63, 3.8) is 0 Å². The molecule has 1 aliphatic rings.